The number of hydrogen-bond donors (Lipinski definition) is 2. The minimum Gasteiger partial charge on any atom is -0.495 e. The van der Waals surface area contributed by atoms with Gasteiger partial charge in [0.2, 0.25) is 0 Å². The largest absolute Gasteiger partial charge is 0.495 e. The highest BCUT2D eigenvalue weighted by molar-refractivity contribution is 5.92. The summed E-state index contributed by atoms with van der Waals surface area (Å²) in [5.74, 6) is -0.390. The summed E-state index contributed by atoms with van der Waals surface area (Å²) >= 11 is 0. The lowest BCUT2D eigenvalue weighted by molar-refractivity contribution is -0.139. The molecule has 0 saturated heterocycles. The van der Waals surface area contributed by atoms with E-state index in [1.807, 2.05) is 18.2 Å². The number of carboxylic acid groups (broad SMARTS) is 1. The van der Waals surface area contributed by atoms with Crippen LogP contribution in [0.2, 0.25) is 0 Å². The number of carbonyl (C=O) groups is 1. The smallest absolute Gasteiger partial charge is 0.312 e. The van der Waals surface area contributed by atoms with Crippen LogP contribution in [0.5, 0.6) is 5.75 Å². The van der Waals surface area contributed by atoms with Crippen molar-refractivity contribution in [3.63, 3.8) is 0 Å². The summed E-state index contributed by atoms with van der Waals surface area (Å²) in [6.45, 7) is 0. The molecule has 0 saturated carbocycles. The van der Waals surface area contributed by atoms with Crippen LogP contribution in [0.4, 0.5) is 0 Å². The molecule has 0 spiro atoms. The van der Waals surface area contributed by atoms with Crippen molar-refractivity contribution in [1.82, 2.24) is 4.98 Å². The second kappa shape index (κ2) is 4.05. The Labute approximate surface area is 105 Å². The number of para-hydroxylation sites is 1. The van der Waals surface area contributed by atoms with Crippen LogP contribution in [0.25, 0.3) is 10.9 Å². The molecule has 1 aromatic heterocycles. The average Bonchev–Trinajstić information content (AvgIpc) is 2.76. The standard InChI is InChI=1S/C14H15NO3/c1-18-11-7-3-5-9-8-4-2-6-10(14(16)17)12(8)15-13(9)11/h3,5,7,10,15H,2,4,6H2,1H3,(H,16,17). The van der Waals surface area contributed by atoms with E-state index in [0.717, 1.165) is 40.8 Å². The third-order valence-electron chi connectivity index (χ3n) is 3.72. The Bertz CT molecular complexity index is 615. The zero-order chi connectivity index (χ0) is 12.7. The van der Waals surface area contributed by atoms with E-state index in [1.165, 1.54) is 0 Å². The molecule has 94 valence electrons. The lowest BCUT2D eigenvalue weighted by atomic mass is 9.87. The first-order valence-corrected chi connectivity index (χ1v) is 6.12. The van der Waals surface area contributed by atoms with Crippen LogP contribution in [-0.2, 0) is 11.2 Å². The lowest BCUT2D eigenvalue weighted by Crippen LogP contribution is -2.17. The minimum atomic E-state index is -0.749. The third kappa shape index (κ3) is 1.49. The minimum absolute atomic E-state index is 0.411. The molecular formula is C14H15NO3. The molecule has 2 aromatic rings. The number of aliphatic carboxylic acids is 1. The van der Waals surface area contributed by atoms with Gasteiger partial charge in [-0.2, -0.15) is 0 Å². The van der Waals surface area contributed by atoms with Crippen LogP contribution >= 0.6 is 0 Å². The number of benzene rings is 1. The van der Waals surface area contributed by atoms with Gasteiger partial charge in [0, 0.05) is 11.1 Å². The molecule has 0 fully saturated rings. The van der Waals surface area contributed by atoms with Gasteiger partial charge >= 0.3 is 5.97 Å². The zero-order valence-corrected chi connectivity index (χ0v) is 10.2. The summed E-state index contributed by atoms with van der Waals surface area (Å²) < 4.78 is 5.32. The Morgan fingerprint density at radius 1 is 1.50 bits per heavy atom. The first kappa shape index (κ1) is 11.1. The van der Waals surface area contributed by atoms with Crippen molar-refractivity contribution < 1.29 is 14.6 Å². The number of aryl methyl sites for hydroxylation is 1. The molecule has 0 radical (unpaired) electrons. The molecule has 1 aliphatic rings. The highest BCUT2D eigenvalue weighted by Crippen LogP contribution is 2.38. The maximum Gasteiger partial charge on any atom is 0.312 e. The maximum atomic E-state index is 11.3. The molecule has 0 amide bonds. The molecule has 1 aromatic carbocycles. The molecule has 18 heavy (non-hydrogen) atoms. The molecule has 3 rings (SSSR count). The number of aromatic nitrogens is 1. The molecule has 1 aliphatic carbocycles. The second-order valence-electron chi connectivity index (χ2n) is 4.68. The number of nitrogens with one attached hydrogen (secondary N) is 1. The molecule has 0 aliphatic heterocycles. The second-order valence-corrected chi connectivity index (χ2v) is 4.68. The molecule has 1 unspecified atom stereocenters. The van der Waals surface area contributed by atoms with E-state index in [2.05, 4.69) is 4.98 Å². The van der Waals surface area contributed by atoms with Gasteiger partial charge in [-0.05, 0) is 30.9 Å². The molecule has 1 atom stereocenters. The number of methoxy groups -OCH3 is 1. The Morgan fingerprint density at radius 3 is 3.06 bits per heavy atom. The predicted molar refractivity (Wildman–Crippen MR) is 68.2 cm³/mol. The highest BCUT2D eigenvalue weighted by atomic mass is 16.5. The maximum absolute atomic E-state index is 11.3. The topological polar surface area (TPSA) is 62.3 Å². The number of fused-ring (bicyclic) bond motifs is 3. The Morgan fingerprint density at radius 2 is 2.33 bits per heavy atom. The van der Waals surface area contributed by atoms with Crippen LogP contribution in [0, 0.1) is 0 Å². The summed E-state index contributed by atoms with van der Waals surface area (Å²) in [5.41, 5.74) is 2.91. The van der Waals surface area contributed by atoms with Crippen molar-refractivity contribution in [2.45, 2.75) is 25.2 Å². The van der Waals surface area contributed by atoms with Gasteiger partial charge in [-0.1, -0.05) is 12.1 Å². The van der Waals surface area contributed by atoms with E-state index >= 15 is 0 Å². The lowest BCUT2D eigenvalue weighted by Gasteiger charge is -2.18. The van der Waals surface area contributed by atoms with Crippen molar-refractivity contribution >= 4 is 16.9 Å². The van der Waals surface area contributed by atoms with Crippen LogP contribution in [0.15, 0.2) is 18.2 Å². The van der Waals surface area contributed by atoms with Gasteiger partial charge < -0.3 is 14.8 Å². The van der Waals surface area contributed by atoms with Gasteiger partial charge in [-0.3, -0.25) is 4.79 Å². The molecule has 0 bridgehead atoms. The summed E-state index contributed by atoms with van der Waals surface area (Å²) in [6, 6.07) is 5.86. The normalized spacial score (nSPS) is 18.6. The number of rotatable bonds is 2. The van der Waals surface area contributed by atoms with Crippen molar-refractivity contribution in [2.24, 2.45) is 0 Å². The number of carboxylic acids is 1. The monoisotopic (exact) mass is 245 g/mol. The average molecular weight is 245 g/mol. The van der Waals surface area contributed by atoms with Crippen molar-refractivity contribution in [3.8, 4) is 5.75 Å². The highest BCUT2D eigenvalue weighted by Gasteiger charge is 2.29. The number of ether oxygens (including phenoxy) is 1. The molecule has 1 heterocycles. The SMILES string of the molecule is COc1cccc2c3c([nH]c12)C(C(=O)O)CCC3. The Kier molecular flexibility index (Phi) is 2.51. The van der Waals surface area contributed by atoms with Crippen molar-refractivity contribution in [3.05, 3.63) is 29.5 Å². The van der Waals surface area contributed by atoms with Crippen LogP contribution < -0.4 is 4.74 Å². The summed E-state index contributed by atoms with van der Waals surface area (Å²) in [5, 5.41) is 10.4. The van der Waals surface area contributed by atoms with E-state index in [4.69, 9.17) is 4.74 Å². The van der Waals surface area contributed by atoms with Crippen LogP contribution in [0.1, 0.15) is 30.0 Å². The fourth-order valence-electron chi connectivity index (χ4n) is 2.88. The van der Waals surface area contributed by atoms with Crippen LogP contribution in [0.3, 0.4) is 0 Å². The number of hydrogen-bond acceptors (Lipinski definition) is 2. The van der Waals surface area contributed by atoms with E-state index in [1.54, 1.807) is 7.11 Å². The summed E-state index contributed by atoms with van der Waals surface area (Å²) in [7, 11) is 1.63. The number of H-pyrrole nitrogens is 1. The first-order chi connectivity index (χ1) is 8.72. The molecule has 4 nitrogen and oxygen atoms in total. The van der Waals surface area contributed by atoms with E-state index < -0.39 is 11.9 Å². The number of aromatic amines is 1. The van der Waals surface area contributed by atoms with Gasteiger partial charge in [-0.25, -0.2) is 0 Å². The predicted octanol–water partition coefficient (Wildman–Crippen LogP) is 2.68. The van der Waals surface area contributed by atoms with Crippen molar-refractivity contribution in [2.75, 3.05) is 7.11 Å². The summed E-state index contributed by atoms with van der Waals surface area (Å²) in [6.07, 6.45) is 2.57. The fourth-order valence-corrected chi connectivity index (χ4v) is 2.88. The molecule has 4 heteroatoms. The van der Waals surface area contributed by atoms with Gasteiger partial charge in [-0.15, -0.1) is 0 Å². The zero-order valence-electron chi connectivity index (χ0n) is 10.2. The van der Waals surface area contributed by atoms with E-state index in [0.29, 0.717) is 6.42 Å². The third-order valence-corrected chi connectivity index (χ3v) is 3.72. The Hall–Kier alpha value is -1.97. The van der Waals surface area contributed by atoms with Crippen LogP contribution in [-0.4, -0.2) is 23.2 Å². The summed E-state index contributed by atoms with van der Waals surface area (Å²) in [4.78, 5) is 14.6. The fraction of sp³-hybridized carbons (Fsp3) is 0.357. The van der Waals surface area contributed by atoms with Crippen molar-refractivity contribution in [1.29, 1.82) is 0 Å². The molecular weight excluding hydrogens is 230 g/mol. The Balaban J connectivity index is 2.26. The first-order valence-electron chi connectivity index (χ1n) is 6.12. The van der Waals surface area contributed by atoms with Gasteiger partial charge in [0.05, 0.1) is 18.5 Å². The van der Waals surface area contributed by atoms with Gasteiger partial charge in [0.1, 0.15) is 5.75 Å². The quantitative estimate of drug-likeness (QED) is 0.855. The van der Waals surface area contributed by atoms with E-state index in [9.17, 15) is 9.90 Å². The molecule has 2 N–H and O–H groups in total. The van der Waals surface area contributed by atoms with E-state index in [-0.39, 0.29) is 0 Å². The van der Waals surface area contributed by atoms with Gasteiger partial charge in [0.15, 0.2) is 0 Å². The van der Waals surface area contributed by atoms with Gasteiger partial charge in [0.25, 0.3) is 0 Å².